The third kappa shape index (κ3) is 2.65. The number of alkyl halides is 6. The van der Waals surface area contributed by atoms with Crippen molar-refractivity contribution >= 4 is 17.6 Å². The standard InChI is InChI=1S/C15H13F6NO5/c1-3-22-9-5-4-7(12(25,11(24)27-2)14(16,17)18)6-8(9)13(26,10(22)23)15(19,20)21/h4-6,25-26H,3H2,1-2H3/t12-,13-/m1/s1. The number of halogens is 6. The van der Waals surface area contributed by atoms with Crippen molar-refractivity contribution in [3.63, 3.8) is 0 Å². The summed E-state index contributed by atoms with van der Waals surface area (Å²) in [5.41, 5.74) is -11.5. The lowest BCUT2D eigenvalue weighted by Gasteiger charge is -2.29. The number of likely N-dealkylation sites (N-methyl/N-ethyl adjacent to an activating group) is 1. The SMILES string of the molecule is CCN1C(=O)[C@@](O)(C(F)(F)F)c2cc([C@@](O)(C(=O)OC)C(F)(F)F)ccc21. The first kappa shape index (κ1) is 21.0. The summed E-state index contributed by atoms with van der Waals surface area (Å²) in [5.74, 6) is -4.00. The second-order valence-corrected chi connectivity index (χ2v) is 5.69. The van der Waals surface area contributed by atoms with Crippen molar-refractivity contribution < 1.29 is 50.9 Å². The number of amides is 1. The van der Waals surface area contributed by atoms with Crippen molar-refractivity contribution in [2.75, 3.05) is 18.6 Å². The summed E-state index contributed by atoms with van der Waals surface area (Å²) in [6, 6.07) is 1.33. The van der Waals surface area contributed by atoms with Gasteiger partial charge in [0.15, 0.2) is 0 Å². The van der Waals surface area contributed by atoms with Crippen LogP contribution in [-0.2, 0) is 25.5 Å². The van der Waals surface area contributed by atoms with Crippen LogP contribution in [0, 0.1) is 0 Å². The van der Waals surface area contributed by atoms with Crippen LogP contribution in [0.5, 0.6) is 0 Å². The minimum atomic E-state index is -5.66. The minimum Gasteiger partial charge on any atom is -0.466 e. The highest BCUT2D eigenvalue weighted by atomic mass is 19.4. The average molecular weight is 401 g/mol. The van der Waals surface area contributed by atoms with E-state index in [9.17, 15) is 46.1 Å². The molecule has 1 aliphatic rings. The fraction of sp³-hybridized carbons (Fsp3) is 0.467. The molecule has 0 bridgehead atoms. The van der Waals surface area contributed by atoms with Gasteiger partial charge in [0.25, 0.3) is 17.1 Å². The molecule has 1 aromatic rings. The van der Waals surface area contributed by atoms with Crippen LogP contribution in [0.25, 0.3) is 0 Å². The molecular formula is C15H13F6NO5. The largest absolute Gasteiger partial charge is 0.466 e. The second-order valence-electron chi connectivity index (χ2n) is 5.69. The zero-order chi connectivity index (χ0) is 21.0. The first-order valence-electron chi connectivity index (χ1n) is 7.31. The fourth-order valence-corrected chi connectivity index (χ4v) is 2.84. The maximum atomic E-state index is 13.4. The van der Waals surface area contributed by atoms with Crippen molar-refractivity contribution in [3.05, 3.63) is 29.3 Å². The Labute approximate surface area is 147 Å². The monoisotopic (exact) mass is 401 g/mol. The number of aliphatic hydroxyl groups is 2. The van der Waals surface area contributed by atoms with Crippen LogP contribution in [0.4, 0.5) is 32.0 Å². The van der Waals surface area contributed by atoms with Crippen LogP contribution < -0.4 is 4.90 Å². The average Bonchev–Trinajstić information content (AvgIpc) is 2.80. The highest BCUT2D eigenvalue weighted by Crippen LogP contribution is 2.51. The van der Waals surface area contributed by atoms with Crippen molar-refractivity contribution in [2.24, 2.45) is 0 Å². The zero-order valence-corrected chi connectivity index (χ0v) is 13.8. The van der Waals surface area contributed by atoms with E-state index in [0.717, 1.165) is 0 Å². The van der Waals surface area contributed by atoms with Gasteiger partial charge in [-0.25, -0.2) is 4.79 Å². The Balaban J connectivity index is 2.82. The summed E-state index contributed by atoms with van der Waals surface area (Å²) < 4.78 is 84.1. The molecule has 0 aromatic heterocycles. The van der Waals surface area contributed by atoms with Crippen LogP contribution in [0.15, 0.2) is 18.2 Å². The number of ether oxygens (including phenoxy) is 1. The minimum absolute atomic E-state index is 0.126. The van der Waals surface area contributed by atoms with E-state index in [2.05, 4.69) is 4.74 Å². The number of carbonyl (C=O) groups is 2. The summed E-state index contributed by atoms with van der Waals surface area (Å²) >= 11 is 0. The van der Waals surface area contributed by atoms with Crippen LogP contribution in [0.2, 0.25) is 0 Å². The predicted octanol–water partition coefficient (Wildman–Crippen LogP) is 1.73. The number of hydrogen-bond acceptors (Lipinski definition) is 5. The van der Waals surface area contributed by atoms with E-state index < -0.39 is 52.2 Å². The molecule has 2 atom stereocenters. The maximum absolute atomic E-state index is 13.4. The van der Waals surface area contributed by atoms with E-state index in [1.54, 1.807) is 0 Å². The van der Waals surface area contributed by atoms with E-state index >= 15 is 0 Å². The first-order valence-corrected chi connectivity index (χ1v) is 7.31. The van der Waals surface area contributed by atoms with Gasteiger partial charge in [0.1, 0.15) is 0 Å². The highest BCUT2D eigenvalue weighted by molar-refractivity contribution is 6.07. The van der Waals surface area contributed by atoms with Gasteiger partial charge in [-0.05, 0) is 19.1 Å². The van der Waals surface area contributed by atoms with Crippen LogP contribution >= 0.6 is 0 Å². The van der Waals surface area contributed by atoms with Gasteiger partial charge in [-0.15, -0.1) is 0 Å². The van der Waals surface area contributed by atoms with Crippen molar-refractivity contribution in [2.45, 2.75) is 30.5 Å². The van der Waals surface area contributed by atoms with Gasteiger partial charge in [-0.2, -0.15) is 26.3 Å². The maximum Gasteiger partial charge on any atom is 0.432 e. The van der Waals surface area contributed by atoms with Gasteiger partial charge >= 0.3 is 18.3 Å². The molecule has 0 fully saturated rings. The Hall–Kier alpha value is -2.34. The molecule has 150 valence electrons. The van der Waals surface area contributed by atoms with Crippen molar-refractivity contribution in [3.8, 4) is 0 Å². The normalized spacial score (nSPS) is 22.4. The molecule has 2 rings (SSSR count). The van der Waals surface area contributed by atoms with Crippen LogP contribution in [0.1, 0.15) is 18.1 Å². The molecule has 0 aliphatic carbocycles. The van der Waals surface area contributed by atoms with E-state index in [0.29, 0.717) is 24.1 Å². The zero-order valence-electron chi connectivity index (χ0n) is 13.8. The molecule has 12 heteroatoms. The fourth-order valence-electron chi connectivity index (χ4n) is 2.84. The second kappa shape index (κ2) is 6.09. The van der Waals surface area contributed by atoms with Gasteiger partial charge in [-0.3, -0.25) is 4.79 Å². The Bertz CT molecular complexity index is 792. The lowest BCUT2D eigenvalue weighted by molar-refractivity contribution is -0.267. The number of carbonyl (C=O) groups excluding carboxylic acids is 2. The van der Waals surface area contributed by atoms with E-state index in [1.807, 2.05) is 0 Å². The number of benzene rings is 1. The lowest BCUT2D eigenvalue weighted by atomic mass is 9.87. The third-order valence-corrected chi connectivity index (χ3v) is 4.27. The van der Waals surface area contributed by atoms with Crippen molar-refractivity contribution in [1.82, 2.24) is 0 Å². The Morgan fingerprint density at radius 2 is 1.78 bits per heavy atom. The molecule has 0 unspecified atom stereocenters. The summed E-state index contributed by atoms with van der Waals surface area (Å²) in [6.07, 6.45) is -11.2. The molecule has 6 nitrogen and oxygen atoms in total. The summed E-state index contributed by atoms with van der Waals surface area (Å²) in [7, 11) is 0.542. The smallest absolute Gasteiger partial charge is 0.432 e. The summed E-state index contributed by atoms with van der Waals surface area (Å²) in [4.78, 5) is 24.2. The topological polar surface area (TPSA) is 87.1 Å². The molecule has 2 N–H and O–H groups in total. The van der Waals surface area contributed by atoms with E-state index in [1.165, 1.54) is 6.92 Å². The molecule has 27 heavy (non-hydrogen) atoms. The van der Waals surface area contributed by atoms with Gasteiger partial charge < -0.3 is 19.8 Å². The quantitative estimate of drug-likeness (QED) is 0.595. The van der Waals surface area contributed by atoms with E-state index in [-0.39, 0.29) is 12.6 Å². The summed E-state index contributed by atoms with van der Waals surface area (Å²) in [6.45, 7) is 0.975. The number of methoxy groups -OCH3 is 1. The van der Waals surface area contributed by atoms with Crippen molar-refractivity contribution in [1.29, 1.82) is 0 Å². The number of nitrogens with zero attached hydrogens (tertiary/aromatic N) is 1. The third-order valence-electron chi connectivity index (χ3n) is 4.27. The first-order chi connectivity index (χ1) is 12.2. The Morgan fingerprint density at radius 1 is 1.22 bits per heavy atom. The van der Waals surface area contributed by atoms with Gasteiger partial charge in [0, 0.05) is 17.7 Å². The number of hydrogen-bond donors (Lipinski definition) is 2. The molecule has 0 radical (unpaired) electrons. The molecular weight excluding hydrogens is 388 g/mol. The Morgan fingerprint density at radius 3 is 2.19 bits per heavy atom. The number of esters is 1. The predicted molar refractivity (Wildman–Crippen MR) is 76.4 cm³/mol. The molecule has 1 aromatic carbocycles. The van der Waals surface area contributed by atoms with Crippen LogP contribution in [0.3, 0.4) is 0 Å². The molecule has 1 amide bonds. The molecule has 0 saturated carbocycles. The summed E-state index contributed by atoms with van der Waals surface area (Å²) in [5, 5.41) is 20.0. The molecule has 0 saturated heterocycles. The number of anilines is 1. The molecule has 0 spiro atoms. The highest BCUT2D eigenvalue weighted by Gasteiger charge is 2.68. The Kier molecular flexibility index (Phi) is 4.73. The van der Waals surface area contributed by atoms with Gasteiger partial charge in [0.2, 0.25) is 0 Å². The number of fused-ring (bicyclic) bond motifs is 1. The molecule has 1 aliphatic heterocycles. The van der Waals surface area contributed by atoms with Gasteiger partial charge in [-0.1, -0.05) is 6.07 Å². The van der Waals surface area contributed by atoms with Crippen LogP contribution in [-0.4, -0.2) is 48.1 Å². The van der Waals surface area contributed by atoms with E-state index in [4.69, 9.17) is 0 Å². The lowest BCUT2D eigenvalue weighted by Crippen LogP contribution is -2.51. The number of rotatable bonds is 3. The van der Waals surface area contributed by atoms with Gasteiger partial charge in [0.05, 0.1) is 12.8 Å². The molecule has 1 heterocycles.